The highest BCUT2D eigenvalue weighted by Gasteiger charge is 2.23. The molecule has 3 rings (SSSR count). The van der Waals surface area contributed by atoms with Crippen molar-refractivity contribution in [2.24, 2.45) is 11.7 Å². The van der Waals surface area contributed by atoms with E-state index in [0.717, 1.165) is 5.69 Å². The molecule has 1 heterocycles. The number of anilines is 1. The molecule has 1 aromatic heterocycles. The number of benzene rings is 1. The third-order valence-corrected chi connectivity index (χ3v) is 3.28. The Balaban J connectivity index is 1.81. The van der Waals surface area contributed by atoms with Gasteiger partial charge >= 0.3 is 0 Å². The smallest absolute Gasteiger partial charge is 0.231 e. The highest BCUT2D eigenvalue weighted by atomic mass is 16.1. The first-order chi connectivity index (χ1) is 9.74. The lowest BCUT2D eigenvalue weighted by molar-refractivity contribution is -0.118. The van der Waals surface area contributed by atoms with E-state index >= 15 is 0 Å². The van der Waals surface area contributed by atoms with Gasteiger partial charge in [0.2, 0.25) is 5.91 Å². The van der Waals surface area contributed by atoms with Crippen LogP contribution in [0.3, 0.4) is 0 Å². The van der Waals surface area contributed by atoms with E-state index in [1.54, 1.807) is 11.0 Å². The Morgan fingerprint density at radius 3 is 2.90 bits per heavy atom. The molecule has 6 nitrogen and oxygen atoms in total. The Bertz CT molecular complexity index is 635. The maximum absolute atomic E-state index is 12.2. The number of rotatable bonds is 3. The molecule has 0 saturated heterocycles. The van der Waals surface area contributed by atoms with Crippen molar-refractivity contribution in [3.05, 3.63) is 49.1 Å². The fraction of sp³-hybridized carbons (Fsp3) is 0.214. The Morgan fingerprint density at radius 1 is 1.35 bits per heavy atom. The Morgan fingerprint density at radius 2 is 2.20 bits per heavy atom. The van der Waals surface area contributed by atoms with Crippen LogP contribution in [0, 0.1) is 5.92 Å². The molecule has 0 bridgehead atoms. The van der Waals surface area contributed by atoms with Crippen LogP contribution in [0.15, 0.2) is 49.1 Å². The van der Waals surface area contributed by atoms with E-state index < -0.39 is 0 Å². The van der Waals surface area contributed by atoms with Crippen molar-refractivity contribution in [2.75, 3.05) is 5.32 Å². The van der Waals surface area contributed by atoms with E-state index in [0.29, 0.717) is 12.1 Å². The summed E-state index contributed by atoms with van der Waals surface area (Å²) in [5, 5.41) is 7.01. The Kier molecular flexibility index (Phi) is 3.30. The van der Waals surface area contributed by atoms with Crippen molar-refractivity contribution in [3.63, 3.8) is 0 Å². The summed E-state index contributed by atoms with van der Waals surface area (Å²) in [5.41, 5.74) is 7.26. The molecule has 3 N–H and O–H groups in total. The van der Waals surface area contributed by atoms with Crippen molar-refractivity contribution in [1.82, 2.24) is 14.8 Å². The average molecular weight is 269 g/mol. The SMILES string of the molecule is NC1C=CC(C(=O)Nc2ccccc2-n2cncn2)C1. The van der Waals surface area contributed by atoms with Gasteiger partial charge in [0.1, 0.15) is 12.7 Å². The molecule has 2 atom stereocenters. The van der Waals surface area contributed by atoms with E-state index in [1.165, 1.54) is 6.33 Å². The zero-order valence-electron chi connectivity index (χ0n) is 10.8. The number of para-hydroxylation sites is 2. The molecule has 2 aromatic rings. The lowest BCUT2D eigenvalue weighted by atomic mass is 10.1. The van der Waals surface area contributed by atoms with E-state index in [4.69, 9.17) is 5.73 Å². The van der Waals surface area contributed by atoms with Crippen LogP contribution in [0.2, 0.25) is 0 Å². The van der Waals surface area contributed by atoms with Gasteiger partial charge in [0.25, 0.3) is 0 Å². The summed E-state index contributed by atoms with van der Waals surface area (Å²) in [6.45, 7) is 0. The minimum atomic E-state index is -0.172. The Labute approximate surface area is 116 Å². The van der Waals surface area contributed by atoms with E-state index in [9.17, 15) is 4.79 Å². The van der Waals surface area contributed by atoms with Gasteiger partial charge in [-0.15, -0.1) is 0 Å². The van der Waals surface area contributed by atoms with Crippen LogP contribution in [0.5, 0.6) is 0 Å². The number of aromatic nitrogens is 3. The van der Waals surface area contributed by atoms with Gasteiger partial charge in [0, 0.05) is 6.04 Å². The summed E-state index contributed by atoms with van der Waals surface area (Å²) in [7, 11) is 0. The Hall–Kier alpha value is -2.47. The number of carbonyl (C=O) groups is 1. The first-order valence-corrected chi connectivity index (χ1v) is 6.43. The average Bonchev–Trinajstić information content (AvgIpc) is 3.10. The monoisotopic (exact) mass is 269 g/mol. The van der Waals surface area contributed by atoms with Crippen LogP contribution < -0.4 is 11.1 Å². The number of nitrogens with two attached hydrogens (primary N) is 1. The fourth-order valence-corrected chi connectivity index (χ4v) is 2.26. The second-order valence-electron chi connectivity index (χ2n) is 4.74. The number of amides is 1. The molecule has 1 aromatic carbocycles. The normalized spacial score (nSPS) is 21.1. The summed E-state index contributed by atoms with van der Waals surface area (Å²) in [4.78, 5) is 16.1. The van der Waals surface area contributed by atoms with Gasteiger partial charge in [0.05, 0.1) is 17.3 Å². The first-order valence-electron chi connectivity index (χ1n) is 6.43. The summed E-state index contributed by atoms with van der Waals surface area (Å²) in [5.74, 6) is -0.226. The third kappa shape index (κ3) is 2.46. The van der Waals surface area contributed by atoms with Crippen LogP contribution in [0.25, 0.3) is 5.69 Å². The number of nitrogens with zero attached hydrogens (tertiary/aromatic N) is 3. The molecular formula is C14H15N5O. The minimum absolute atomic E-state index is 0.0312. The molecule has 1 aliphatic carbocycles. The zero-order chi connectivity index (χ0) is 13.9. The molecule has 20 heavy (non-hydrogen) atoms. The molecule has 0 spiro atoms. The molecule has 0 fully saturated rings. The molecule has 0 aliphatic heterocycles. The maximum atomic E-state index is 12.2. The van der Waals surface area contributed by atoms with Gasteiger partial charge in [-0.1, -0.05) is 24.3 Å². The molecule has 102 valence electrons. The standard InChI is InChI=1S/C14H15N5O/c15-11-6-5-10(7-11)14(20)18-12-3-1-2-4-13(12)19-9-16-8-17-19/h1-6,8-11H,7,15H2,(H,18,20). The molecule has 2 unspecified atom stereocenters. The van der Waals surface area contributed by atoms with Crippen molar-refractivity contribution in [2.45, 2.75) is 12.5 Å². The summed E-state index contributed by atoms with van der Waals surface area (Å²) < 4.78 is 1.62. The maximum Gasteiger partial charge on any atom is 0.231 e. The third-order valence-electron chi connectivity index (χ3n) is 3.28. The highest BCUT2D eigenvalue weighted by molar-refractivity contribution is 5.95. The minimum Gasteiger partial charge on any atom is -0.324 e. The second-order valence-corrected chi connectivity index (χ2v) is 4.74. The fourth-order valence-electron chi connectivity index (χ4n) is 2.26. The van der Waals surface area contributed by atoms with Gasteiger partial charge in [-0.25, -0.2) is 9.67 Å². The predicted octanol–water partition coefficient (Wildman–Crippen LogP) is 1.11. The van der Waals surface area contributed by atoms with Gasteiger partial charge in [-0.3, -0.25) is 4.79 Å². The predicted molar refractivity (Wildman–Crippen MR) is 75.2 cm³/mol. The lowest BCUT2D eigenvalue weighted by Gasteiger charge is -2.13. The highest BCUT2D eigenvalue weighted by Crippen LogP contribution is 2.22. The van der Waals surface area contributed by atoms with Crippen LogP contribution in [-0.2, 0) is 4.79 Å². The van der Waals surface area contributed by atoms with E-state index in [1.807, 2.05) is 36.4 Å². The van der Waals surface area contributed by atoms with Gasteiger partial charge in [0.15, 0.2) is 0 Å². The van der Waals surface area contributed by atoms with Crippen LogP contribution in [-0.4, -0.2) is 26.7 Å². The van der Waals surface area contributed by atoms with E-state index in [-0.39, 0.29) is 17.9 Å². The van der Waals surface area contributed by atoms with E-state index in [2.05, 4.69) is 15.4 Å². The molecule has 0 saturated carbocycles. The molecular weight excluding hydrogens is 254 g/mol. The van der Waals surface area contributed by atoms with Crippen LogP contribution >= 0.6 is 0 Å². The largest absolute Gasteiger partial charge is 0.324 e. The number of hydrogen-bond acceptors (Lipinski definition) is 4. The first kappa shape index (κ1) is 12.6. The molecule has 1 amide bonds. The molecule has 6 heteroatoms. The van der Waals surface area contributed by atoms with Gasteiger partial charge in [-0.2, -0.15) is 5.10 Å². The van der Waals surface area contributed by atoms with Crippen LogP contribution in [0.1, 0.15) is 6.42 Å². The second kappa shape index (κ2) is 5.26. The van der Waals surface area contributed by atoms with Crippen molar-refractivity contribution < 1.29 is 4.79 Å². The van der Waals surface area contributed by atoms with Gasteiger partial charge < -0.3 is 11.1 Å². The molecule has 1 aliphatic rings. The zero-order valence-corrected chi connectivity index (χ0v) is 10.8. The van der Waals surface area contributed by atoms with Crippen molar-refractivity contribution in [1.29, 1.82) is 0 Å². The van der Waals surface area contributed by atoms with Crippen LogP contribution in [0.4, 0.5) is 5.69 Å². The summed E-state index contributed by atoms with van der Waals surface area (Å²) in [6.07, 6.45) is 7.43. The summed E-state index contributed by atoms with van der Waals surface area (Å²) in [6, 6.07) is 7.44. The lowest BCUT2D eigenvalue weighted by Crippen LogP contribution is -2.24. The number of carbonyl (C=O) groups excluding carboxylic acids is 1. The number of hydrogen-bond donors (Lipinski definition) is 2. The topological polar surface area (TPSA) is 85.8 Å². The van der Waals surface area contributed by atoms with Crippen molar-refractivity contribution in [3.8, 4) is 5.69 Å². The van der Waals surface area contributed by atoms with Gasteiger partial charge in [-0.05, 0) is 18.6 Å². The van der Waals surface area contributed by atoms with Crippen molar-refractivity contribution >= 4 is 11.6 Å². The molecule has 0 radical (unpaired) electrons. The number of nitrogens with one attached hydrogen (secondary N) is 1. The quantitative estimate of drug-likeness (QED) is 0.817. The summed E-state index contributed by atoms with van der Waals surface area (Å²) >= 11 is 0.